The molecular weight excluding hydrogens is 306 g/mol. The fraction of sp³-hybridized carbons (Fsp3) is 0.0909. The van der Waals surface area contributed by atoms with Crippen LogP contribution in [-0.2, 0) is 0 Å². The Labute approximate surface area is 128 Å². The molecule has 9 N–H and O–H groups in total. The molecule has 0 aliphatic carbocycles. The molecule has 11 heteroatoms. The third-order valence-corrected chi connectivity index (χ3v) is 3.45. The maximum atomic E-state index is 6.04. The monoisotopic (exact) mass is 319 g/mol. The average Bonchev–Trinajstić information content (AvgIpc) is 3.16. The van der Waals surface area contributed by atoms with Gasteiger partial charge in [0.15, 0.2) is 17.5 Å². The van der Waals surface area contributed by atoms with E-state index >= 15 is 0 Å². The van der Waals surface area contributed by atoms with Gasteiger partial charge < -0.3 is 27.4 Å². The zero-order chi connectivity index (χ0) is 15.7. The van der Waals surface area contributed by atoms with E-state index in [1.807, 2.05) is 0 Å². The number of nitrogens with zero attached hydrogens (tertiary/aromatic N) is 4. The number of hydrogen-bond acceptors (Lipinski definition) is 8. The minimum atomic E-state index is -0.602. The quantitative estimate of drug-likeness (QED) is 0.330. The predicted octanol–water partition coefficient (Wildman–Crippen LogP) is 0.0564. The van der Waals surface area contributed by atoms with E-state index in [1.54, 1.807) is 17.5 Å². The van der Waals surface area contributed by atoms with Crippen molar-refractivity contribution < 1.29 is 4.42 Å². The van der Waals surface area contributed by atoms with Crippen molar-refractivity contribution in [3.63, 3.8) is 0 Å². The van der Waals surface area contributed by atoms with Crippen LogP contribution in [0.3, 0.4) is 0 Å². The van der Waals surface area contributed by atoms with Crippen LogP contribution >= 0.6 is 11.3 Å². The van der Waals surface area contributed by atoms with Gasteiger partial charge in [0, 0.05) is 5.38 Å². The lowest BCUT2D eigenvalue weighted by atomic mass is 10.2. The Bertz CT molecular complexity index is 813. The lowest BCUT2D eigenvalue weighted by molar-refractivity contribution is 0.493. The van der Waals surface area contributed by atoms with Gasteiger partial charge in [-0.2, -0.15) is 9.98 Å². The summed E-state index contributed by atoms with van der Waals surface area (Å²) in [5.41, 5.74) is 22.7. The highest BCUT2D eigenvalue weighted by Crippen LogP contribution is 2.30. The lowest BCUT2D eigenvalue weighted by Crippen LogP contribution is -2.21. The fourth-order valence-corrected chi connectivity index (χ4v) is 2.45. The highest BCUT2D eigenvalue weighted by molar-refractivity contribution is 7.13. The molecule has 0 aliphatic rings. The molecular formula is C11H13N9OS. The van der Waals surface area contributed by atoms with Gasteiger partial charge in [-0.05, 0) is 12.1 Å². The molecule has 3 aromatic rings. The van der Waals surface area contributed by atoms with Crippen LogP contribution in [0.25, 0.3) is 11.5 Å². The molecule has 0 saturated carbocycles. The number of aromatic amines is 1. The molecule has 0 aliphatic heterocycles. The minimum absolute atomic E-state index is 0.0500. The van der Waals surface area contributed by atoms with E-state index in [1.165, 1.54) is 11.3 Å². The Morgan fingerprint density at radius 2 is 2.14 bits per heavy atom. The molecule has 0 fully saturated rings. The van der Waals surface area contributed by atoms with E-state index in [0.717, 1.165) is 0 Å². The molecule has 10 nitrogen and oxygen atoms in total. The van der Waals surface area contributed by atoms with Gasteiger partial charge in [-0.25, -0.2) is 4.98 Å². The van der Waals surface area contributed by atoms with Gasteiger partial charge in [0.2, 0.25) is 11.1 Å². The molecule has 3 heterocycles. The van der Waals surface area contributed by atoms with Crippen molar-refractivity contribution in [1.82, 2.24) is 20.2 Å². The Hall–Kier alpha value is -2.92. The zero-order valence-corrected chi connectivity index (χ0v) is 12.0. The number of hydrogen-bond donors (Lipinski definition) is 5. The number of H-pyrrole nitrogens is 1. The van der Waals surface area contributed by atoms with Gasteiger partial charge in [0.05, 0.1) is 0 Å². The molecule has 3 aromatic heterocycles. The summed E-state index contributed by atoms with van der Waals surface area (Å²) in [6.45, 7) is 0. The highest BCUT2D eigenvalue weighted by Gasteiger charge is 2.18. The molecule has 22 heavy (non-hydrogen) atoms. The molecule has 0 radical (unpaired) electrons. The van der Waals surface area contributed by atoms with E-state index in [0.29, 0.717) is 28.2 Å². The highest BCUT2D eigenvalue weighted by atomic mass is 32.1. The number of guanidine groups is 1. The first-order valence-corrected chi connectivity index (χ1v) is 6.99. The summed E-state index contributed by atoms with van der Waals surface area (Å²) in [6.07, 6.45) is 0. The lowest BCUT2D eigenvalue weighted by Gasteiger charge is -2.03. The SMILES string of the molecule is NC(N)=Nc1nc(-c2ccc(C(N)c3nc(N)n[nH]3)o2)cs1. The average molecular weight is 319 g/mol. The number of aromatic nitrogens is 4. The summed E-state index contributed by atoms with van der Waals surface area (Å²) in [6, 6.07) is 2.89. The number of thiazole rings is 1. The second-order valence-corrected chi connectivity index (χ2v) is 5.15. The minimum Gasteiger partial charge on any atom is -0.457 e. The van der Waals surface area contributed by atoms with Crippen LogP contribution in [0.2, 0.25) is 0 Å². The summed E-state index contributed by atoms with van der Waals surface area (Å²) in [5, 5.41) is 8.60. The molecule has 0 bridgehead atoms. The van der Waals surface area contributed by atoms with Gasteiger partial charge in [-0.3, -0.25) is 5.10 Å². The van der Waals surface area contributed by atoms with E-state index < -0.39 is 6.04 Å². The van der Waals surface area contributed by atoms with Crippen molar-refractivity contribution in [2.75, 3.05) is 5.73 Å². The van der Waals surface area contributed by atoms with E-state index in [4.69, 9.17) is 27.4 Å². The molecule has 3 rings (SSSR count). The van der Waals surface area contributed by atoms with Crippen LogP contribution in [-0.4, -0.2) is 26.1 Å². The smallest absolute Gasteiger partial charge is 0.239 e. The number of furan rings is 1. The third kappa shape index (κ3) is 2.75. The van der Waals surface area contributed by atoms with Crippen molar-refractivity contribution in [1.29, 1.82) is 0 Å². The van der Waals surface area contributed by atoms with Crippen LogP contribution < -0.4 is 22.9 Å². The van der Waals surface area contributed by atoms with Gasteiger partial charge in [-0.1, -0.05) is 0 Å². The maximum Gasteiger partial charge on any atom is 0.239 e. The largest absolute Gasteiger partial charge is 0.457 e. The van der Waals surface area contributed by atoms with Gasteiger partial charge in [0.25, 0.3) is 0 Å². The second kappa shape index (κ2) is 5.46. The Morgan fingerprint density at radius 1 is 1.32 bits per heavy atom. The van der Waals surface area contributed by atoms with Gasteiger partial charge in [-0.15, -0.1) is 16.4 Å². The maximum absolute atomic E-state index is 6.04. The first kappa shape index (κ1) is 14.0. The third-order valence-electron chi connectivity index (χ3n) is 2.72. The van der Waals surface area contributed by atoms with Gasteiger partial charge in [0.1, 0.15) is 17.5 Å². The molecule has 0 amide bonds. The number of aliphatic imine (C=N–C) groups is 1. The number of nitrogens with one attached hydrogen (secondary N) is 1. The summed E-state index contributed by atoms with van der Waals surface area (Å²) in [5.74, 6) is 1.54. The van der Waals surface area contributed by atoms with Crippen molar-refractivity contribution in [3.8, 4) is 11.5 Å². The number of nitrogens with two attached hydrogens (primary N) is 4. The second-order valence-electron chi connectivity index (χ2n) is 4.31. The van der Waals surface area contributed by atoms with Crippen molar-refractivity contribution >= 4 is 28.4 Å². The topological polar surface area (TPSA) is 184 Å². The predicted molar refractivity (Wildman–Crippen MR) is 82.1 cm³/mol. The Morgan fingerprint density at radius 3 is 2.82 bits per heavy atom. The van der Waals surface area contributed by atoms with Crippen LogP contribution in [0.4, 0.5) is 11.1 Å². The number of anilines is 1. The molecule has 114 valence electrons. The molecule has 0 saturated heterocycles. The summed E-state index contributed by atoms with van der Waals surface area (Å²) in [7, 11) is 0. The number of rotatable bonds is 4. The fourth-order valence-electron chi connectivity index (χ4n) is 1.76. The van der Waals surface area contributed by atoms with Crippen LogP contribution in [0, 0.1) is 0 Å². The van der Waals surface area contributed by atoms with Gasteiger partial charge >= 0.3 is 0 Å². The van der Waals surface area contributed by atoms with Crippen molar-refractivity contribution in [3.05, 3.63) is 29.1 Å². The molecule has 1 unspecified atom stereocenters. The Kier molecular flexibility index (Phi) is 3.48. The van der Waals surface area contributed by atoms with Crippen molar-refractivity contribution in [2.24, 2.45) is 22.2 Å². The summed E-state index contributed by atoms with van der Waals surface area (Å²) < 4.78 is 5.69. The van der Waals surface area contributed by atoms with Crippen LogP contribution in [0.15, 0.2) is 26.9 Å². The van der Waals surface area contributed by atoms with E-state index in [9.17, 15) is 0 Å². The molecule has 0 spiro atoms. The Balaban J connectivity index is 1.84. The van der Waals surface area contributed by atoms with E-state index in [-0.39, 0.29) is 11.9 Å². The van der Waals surface area contributed by atoms with E-state index in [2.05, 4.69) is 25.2 Å². The first-order chi connectivity index (χ1) is 10.5. The first-order valence-electron chi connectivity index (χ1n) is 6.11. The zero-order valence-electron chi connectivity index (χ0n) is 11.2. The molecule has 1 atom stereocenters. The van der Waals surface area contributed by atoms with Crippen LogP contribution in [0.1, 0.15) is 17.6 Å². The standard InChI is InChI=1S/C11H13N9OS/c12-7(8-17-10(15)20-19-8)6-2-1-5(21-6)4-3-22-11(16-4)18-9(13)14/h1-3,7H,12H2,(H4,13,14,16,18)(H3,15,17,19,20). The summed E-state index contributed by atoms with van der Waals surface area (Å²) >= 11 is 1.30. The number of nitrogen functional groups attached to an aromatic ring is 1. The normalized spacial score (nSPS) is 12.2. The van der Waals surface area contributed by atoms with Crippen molar-refractivity contribution in [2.45, 2.75) is 6.04 Å². The summed E-state index contributed by atoms with van der Waals surface area (Å²) in [4.78, 5) is 12.1. The van der Waals surface area contributed by atoms with Crippen LogP contribution in [0.5, 0.6) is 0 Å². The molecule has 0 aromatic carbocycles.